The molecule has 1 aliphatic heterocycles. The number of esters is 1. The van der Waals surface area contributed by atoms with Crippen LogP contribution in [0.4, 0.5) is 0 Å². The monoisotopic (exact) mass is 362 g/mol. The highest BCUT2D eigenvalue weighted by molar-refractivity contribution is 6.04. The molecule has 0 spiro atoms. The van der Waals surface area contributed by atoms with Crippen molar-refractivity contribution in [1.82, 2.24) is 9.88 Å². The van der Waals surface area contributed by atoms with Gasteiger partial charge in [0, 0.05) is 30.3 Å². The summed E-state index contributed by atoms with van der Waals surface area (Å²) >= 11 is 0. The maximum absolute atomic E-state index is 12.9. The van der Waals surface area contributed by atoms with Gasteiger partial charge in [0.1, 0.15) is 5.69 Å². The van der Waals surface area contributed by atoms with E-state index in [9.17, 15) is 14.4 Å². The first-order valence-electron chi connectivity index (χ1n) is 9.13. The number of hydrogen-bond donors (Lipinski definition) is 1. The third-order valence-corrected chi connectivity index (χ3v) is 5.13. The van der Waals surface area contributed by atoms with Gasteiger partial charge in [0.15, 0.2) is 5.78 Å². The minimum absolute atomic E-state index is 0.00421. The van der Waals surface area contributed by atoms with E-state index in [0.29, 0.717) is 30.0 Å². The summed E-state index contributed by atoms with van der Waals surface area (Å²) in [4.78, 5) is 42.0. The van der Waals surface area contributed by atoms with Crippen LogP contribution in [0.3, 0.4) is 0 Å². The number of carbonyl (C=O) groups is 3. The molecule has 1 aromatic rings. The van der Waals surface area contributed by atoms with Gasteiger partial charge in [-0.1, -0.05) is 0 Å². The highest BCUT2D eigenvalue weighted by Crippen LogP contribution is 2.32. The molecule has 0 bridgehead atoms. The number of aromatic nitrogens is 1. The zero-order chi connectivity index (χ0) is 18.8. The van der Waals surface area contributed by atoms with Crippen LogP contribution in [0.2, 0.25) is 0 Å². The van der Waals surface area contributed by atoms with Crippen molar-refractivity contribution in [2.75, 3.05) is 26.8 Å². The molecule has 142 valence electrons. The number of aryl methyl sites for hydroxylation is 1. The molecular formula is C19H26N2O5. The molecule has 1 N–H and O–H groups in total. The van der Waals surface area contributed by atoms with Gasteiger partial charge < -0.3 is 19.4 Å². The lowest BCUT2D eigenvalue weighted by Gasteiger charge is -2.25. The highest BCUT2D eigenvalue weighted by atomic mass is 16.5. The van der Waals surface area contributed by atoms with Gasteiger partial charge in [-0.15, -0.1) is 0 Å². The number of nitrogens with zero attached hydrogens (tertiary/aromatic N) is 1. The minimum atomic E-state index is -0.505. The number of nitrogens with one attached hydrogen (secondary N) is 1. The standard InChI is InChI=1S/C19H26N2O5/c1-11-16(12(2)20-17(11)19(24)25-3)15(22)10-21(18(23)13-6-7-13)9-14-5-4-8-26-14/h13-14,20H,4-10H2,1-3H3/t14-/m0/s1. The summed E-state index contributed by atoms with van der Waals surface area (Å²) < 4.78 is 10.4. The smallest absolute Gasteiger partial charge is 0.354 e. The molecule has 0 radical (unpaired) electrons. The van der Waals surface area contributed by atoms with E-state index in [1.807, 2.05) is 0 Å². The van der Waals surface area contributed by atoms with Crippen molar-refractivity contribution in [1.29, 1.82) is 0 Å². The van der Waals surface area contributed by atoms with E-state index in [0.717, 1.165) is 25.7 Å². The van der Waals surface area contributed by atoms with Crippen LogP contribution in [-0.2, 0) is 14.3 Å². The molecule has 0 aromatic carbocycles. The fraction of sp³-hybridized carbons (Fsp3) is 0.632. The Morgan fingerprint density at radius 3 is 2.54 bits per heavy atom. The van der Waals surface area contributed by atoms with Crippen LogP contribution in [-0.4, -0.2) is 60.5 Å². The molecule has 26 heavy (non-hydrogen) atoms. The Kier molecular flexibility index (Phi) is 5.46. The number of amides is 1. The Balaban J connectivity index is 1.77. The van der Waals surface area contributed by atoms with Crippen LogP contribution in [0.15, 0.2) is 0 Å². The molecule has 7 heteroatoms. The molecule has 3 rings (SSSR count). The van der Waals surface area contributed by atoms with E-state index in [2.05, 4.69) is 4.98 Å². The largest absolute Gasteiger partial charge is 0.464 e. The second kappa shape index (κ2) is 7.61. The number of ether oxygens (including phenoxy) is 2. The van der Waals surface area contributed by atoms with Crippen molar-refractivity contribution in [3.63, 3.8) is 0 Å². The first-order chi connectivity index (χ1) is 12.4. The zero-order valence-corrected chi connectivity index (χ0v) is 15.6. The molecule has 2 fully saturated rings. The Hall–Kier alpha value is -2.15. The topological polar surface area (TPSA) is 88.7 Å². The number of methoxy groups -OCH3 is 1. The number of H-pyrrole nitrogens is 1. The lowest BCUT2D eigenvalue weighted by atomic mass is 10.0. The number of carbonyl (C=O) groups excluding carboxylic acids is 3. The normalized spacial score (nSPS) is 19.4. The minimum Gasteiger partial charge on any atom is -0.464 e. The Labute approximate surface area is 153 Å². The van der Waals surface area contributed by atoms with Crippen LogP contribution < -0.4 is 0 Å². The summed E-state index contributed by atoms with van der Waals surface area (Å²) in [6.45, 7) is 4.64. The quantitative estimate of drug-likeness (QED) is 0.592. The summed E-state index contributed by atoms with van der Waals surface area (Å²) in [6.07, 6.45) is 3.69. The lowest BCUT2D eigenvalue weighted by Crippen LogP contribution is -2.41. The molecule has 1 atom stereocenters. The number of Topliss-reactive ketones (excluding diaryl/α,β-unsaturated/α-hetero) is 1. The summed E-state index contributed by atoms with van der Waals surface area (Å²) in [5.74, 6) is -0.593. The van der Waals surface area contributed by atoms with E-state index < -0.39 is 5.97 Å². The molecule has 1 aromatic heterocycles. The lowest BCUT2D eigenvalue weighted by molar-refractivity contribution is -0.133. The summed E-state index contributed by atoms with van der Waals surface area (Å²) in [5, 5.41) is 0. The van der Waals surface area contributed by atoms with E-state index in [1.165, 1.54) is 7.11 Å². The fourth-order valence-corrected chi connectivity index (χ4v) is 3.58. The first kappa shape index (κ1) is 18.6. The third-order valence-electron chi connectivity index (χ3n) is 5.13. The first-order valence-corrected chi connectivity index (χ1v) is 9.13. The Bertz CT molecular complexity index is 714. The molecule has 1 saturated heterocycles. The van der Waals surface area contributed by atoms with Gasteiger partial charge in [0.2, 0.25) is 5.91 Å². The van der Waals surface area contributed by atoms with Crippen LogP contribution >= 0.6 is 0 Å². The maximum atomic E-state index is 12.9. The van der Waals surface area contributed by atoms with Gasteiger partial charge in [-0.25, -0.2) is 4.79 Å². The number of hydrogen-bond acceptors (Lipinski definition) is 5. The molecule has 1 aliphatic carbocycles. The van der Waals surface area contributed by atoms with Crippen molar-refractivity contribution in [3.05, 3.63) is 22.5 Å². The van der Waals surface area contributed by atoms with Gasteiger partial charge in [-0.2, -0.15) is 0 Å². The van der Waals surface area contributed by atoms with Crippen molar-refractivity contribution in [2.45, 2.75) is 45.6 Å². The van der Waals surface area contributed by atoms with Crippen molar-refractivity contribution in [2.24, 2.45) is 5.92 Å². The zero-order valence-electron chi connectivity index (χ0n) is 15.6. The molecule has 1 amide bonds. The predicted molar refractivity (Wildman–Crippen MR) is 94.2 cm³/mol. The van der Waals surface area contributed by atoms with Crippen LogP contribution in [0.1, 0.15) is 57.8 Å². The van der Waals surface area contributed by atoms with E-state index in [1.54, 1.807) is 18.7 Å². The summed E-state index contributed by atoms with van der Waals surface area (Å²) in [7, 11) is 1.30. The average molecular weight is 362 g/mol. The van der Waals surface area contributed by atoms with Gasteiger partial charge in [-0.05, 0) is 45.1 Å². The van der Waals surface area contributed by atoms with Gasteiger partial charge in [0.05, 0.1) is 19.8 Å². The fourth-order valence-electron chi connectivity index (χ4n) is 3.58. The summed E-state index contributed by atoms with van der Waals surface area (Å²) in [6, 6.07) is 0. The predicted octanol–water partition coefficient (Wildman–Crippen LogP) is 2.02. The number of rotatable bonds is 7. The second-order valence-corrected chi connectivity index (χ2v) is 7.17. The van der Waals surface area contributed by atoms with E-state index in [4.69, 9.17) is 9.47 Å². The van der Waals surface area contributed by atoms with Gasteiger partial charge in [0.25, 0.3) is 0 Å². The van der Waals surface area contributed by atoms with Crippen LogP contribution in [0, 0.1) is 19.8 Å². The van der Waals surface area contributed by atoms with Crippen LogP contribution in [0.5, 0.6) is 0 Å². The van der Waals surface area contributed by atoms with Gasteiger partial charge >= 0.3 is 5.97 Å². The molecule has 2 aliphatic rings. The van der Waals surface area contributed by atoms with Crippen molar-refractivity contribution in [3.8, 4) is 0 Å². The van der Waals surface area contributed by atoms with E-state index in [-0.39, 0.29) is 36.0 Å². The van der Waals surface area contributed by atoms with Crippen LogP contribution in [0.25, 0.3) is 0 Å². The third kappa shape index (κ3) is 3.82. The highest BCUT2D eigenvalue weighted by Gasteiger charge is 2.36. The van der Waals surface area contributed by atoms with Crippen molar-refractivity contribution < 1.29 is 23.9 Å². The molecule has 2 heterocycles. The average Bonchev–Trinajstić information content (AvgIpc) is 3.26. The molecule has 7 nitrogen and oxygen atoms in total. The van der Waals surface area contributed by atoms with Crippen molar-refractivity contribution >= 4 is 17.7 Å². The van der Waals surface area contributed by atoms with E-state index >= 15 is 0 Å². The Morgan fingerprint density at radius 1 is 1.23 bits per heavy atom. The maximum Gasteiger partial charge on any atom is 0.354 e. The Morgan fingerprint density at radius 2 is 1.96 bits per heavy atom. The summed E-state index contributed by atoms with van der Waals surface area (Å²) in [5.41, 5.74) is 1.93. The SMILES string of the molecule is COC(=O)c1[nH]c(C)c(C(=O)CN(C[C@@H]2CCCO2)C(=O)C2CC2)c1C. The second-order valence-electron chi connectivity index (χ2n) is 7.17. The number of ketones is 1. The molecule has 1 saturated carbocycles. The number of aromatic amines is 1. The molecule has 0 unspecified atom stereocenters. The van der Waals surface area contributed by atoms with Gasteiger partial charge in [-0.3, -0.25) is 9.59 Å². The molecular weight excluding hydrogens is 336 g/mol.